The summed E-state index contributed by atoms with van der Waals surface area (Å²) in [6.45, 7) is 9.27. The number of rotatable bonds is 6. The van der Waals surface area contributed by atoms with Gasteiger partial charge in [0.15, 0.2) is 0 Å². The van der Waals surface area contributed by atoms with Crippen LogP contribution in [0.4, 0.5) is 0 Å². The largest absolute Gasteiger partial charge is 0.106 e. The molecular formula is C11H24Si. The zero-order valence-corrected chi connectivity index (χ0v) is 10.3. The van der Waals surface area contributed by atoms with Gasteiger partial charge in [-0.15, -0.1) is 5.67 Å². The summed E-state index contributed by atoms with van der Waals surface area (Å²) in [5.74, 6) is 0.909. The lowest BCUT2D eigenvalue weighted by Crippen LogP contribution is -2.00. The van der Waals surface area contributed by atoms with Crippen LogP contribution >= 0.6 is 0 Å². The molecule has 0 aliphatic rings. The van der Waals surface area contributed by atoms with Gasteiger partial charge in [0.05, 0.1) is 0 Å². The van der Waals surface area contributed by atoms with Gasteiger partial charge < -0.3 is 0 Å². The first-order valence-electron chi connectivity index (χ1n) is 5.41. The first-order chi connectivity index (χ1) is 5.74. The molecule has 0 N–H and O–H groups in total. The lowest BCUT2D eigenvalue weighted by molar-refractivity contribution is 0.593. The third-order valence-corrected chi connectivity index (χ3v) is 4.72. The van der Waals surface area contributed by atoms with Crippen LogP contribution in [0.1, 0.15) is 53.4 Å². The van der Waals surface area contributed by atoms with Gasteiger partial charge >= 0.3 is 0 Å². The minimum Gasteiger partial charge on any atom is -0.106 e. The SMILES string of the molecule is CCC(C)CC=[SiH]C(CC)CC. The fourth-order valence-electron chi connectivity index (χ4n) is 1.23. The molecule has 0 fully saturated rings. The Morgan fingerprint density at radius 3 is 2.08 bits per heavy atom. The summed E-state index contributed by atoms with van der Waals surface area (Å²) in [5.41, 5.74) is 3.60. The van der Waals surface area contributed by atoms with E-state index in [2.05, 4.69) is 33.4 Å². The van der Waals surface area contributed by atoms with Crippen molar-refractivity contribution in [3.63, 3.8) is 0 Å². The minimum atomic E-state index is 0.621. The second-order valence-electron chi connectivity index (χ2n) is 3.75. The molecule has 0 aliphatic heterocycles. The van der Waals surface area contributed by atoms with Crippen LogP contribution in [0.25, 0.3) is 0 Å². The van der Waals surface area contributed by atoms with E-state index < -0.39 is 0 Å². The molecule has 0 nitrogen and oxygen atoms in total. The molecule has 0 amide bonds. The van der Waals surface area contributed by atoms with Crippen molar-refractivity contribution in [1.29, 1.82) is 0 Å². The van der Waals surface area contributed by atoms with Crippen molar-refractivity contribution < 1.29 is 0 Å². The van der Waals surface area contributed by atoms with E-state index in [9.17, 15) is 0 Å². The van der Waals surface area contributed by atoms with Gasteiger partial charge in [-0.05, 0) is 27.0 Å². The van der Waals surface area contributed by atoms with E-state index in [0.29, 0.717) is 9.13 Å². The molecule has 0 spiro atoms. The molecule has 0 heterocycles. The Morgan fingerprint density at radius 2 is 1.67 bits per heavy atom. The van der Waals surface area contributed by atoms with Crippen LogP contribution in [0.3, 0.4) is 0 Å². The van der Waals surface area contributed by atoms with Crippen LogP contribution in [0, 0.1) is 5.92 Å². The van der Waals surface area contributed by atoms with Crippen molar-refractivity contribution in [2.24, 2.45) is 5.92 Å². The average molecular weight is 184 g/mol. The summed E-state index contributed by atoms with van der Waals surface area (Å²) in [6.07, 6.45) is 5.44. The van der Waals surface area contributed by atoms with E-state index in [4.69, 9.17) is 0 Å². The van der Waals surface area contributed by atoms with Gasteiger partial charge in [0.25, 0.3) is 0 Å². The van der Waals surface area contributed by atoms with Crippen molar-refractivity contribution in [1.82, 2.24) is 0 Å². The fraction of sp³-hybridized carbons (Fsp3) is 0.909. The highest BCUT2D eigenvalue weighted by Gasteiger charge is 1.98. The standard InChI is InChI=1S/C11H24Si/c1-5-10(4)8-9-12-11(6-2)7-3/h9-12H,5-8H2,1-4H3. The van der Waals surface area contributed by atoms with Crippen LogP contribution in [0.2, 0.25) is 5.54 Å². The van der Waals surface area contributed by atoms with Crippen molar-refractivity contribution in [2.45, 2.75) is 58.9 Å². The molecule has 1 unspecified atom stereocenters. The molecular weight excluding hydrogens is 160 g/mol. The maximum atomic E-state index is 2.58. The zero-order chi connectivity index (χ0) is 9.40. The molecule has 0 aromatic rings. The van der Waals surface area contributed by atoms with Gasteiger partial charge in [0.1, 0.15) is 0 Å². The smallest absolute Gasteiger partial charge is 0.00862 e. The highest BCUT2D eigenvalue weighted by Crippen LogP contribution is 2.10. The van der Waals surface area contributed by atoms with E-state index in [1.165, 1.54) is 25.7 Å². The molecule has 1 atom stereocenters. The van der Waals surface area contributed by atoms with Gasteiger partial charge in [0, 0.05) is 0 Å². The van der Waals surface area contributed by atoms with Gasteiger partial charge in [-0.25, -0.2) is 0 Å². The van der Waals surface area contributed by atoms with Crippen LogP contribution in [-0.4, -0.2) is 14.8 Å². The zero-order valence-electron chi connectivity index (χ0n) is 9.14. The van der Waals surface area contributed by atoms with E-state index >= 15 is 0 Å². The molecule has 0 aromatic carbocycles. The molecule has 0 bridgehead atoms. The number of hydrogen-bond acceptors (Lipinski definition) is 0. The predicted molar refractivity (Wildman–Crippen MR) is 61.6 cm³/mol. The maximum Gasteiger partial charge on any atom is -0.00862 e. The van der Waals surface area contributed by atoms with E-state index in [-0.39, 0.29) is 0 Å². The van der Waals surface area contributed by atoms with E-state index in [1.54, 1.807) is 0 Å². The summed E-state index contributed by atoms with van der Waals surface area (Å²) in [5, 5.41) is 0. The fourth-order valence-corrected chi connectivity index (χ4v) is 2.78. The number of hydrogen-bond donors (Lipinski definition) is 0. The van der Waals surface area contributed by atoms with Gasteiger partial charge in [-0.2, -0.15) is 0 Å². The predicted octanol–water partition coefficient (Wildman–Crippen LogP) is 3.27. The Balaban J connectivity index is 3.58. The average Bonchev–Trinajstić information content (AvgIpc) is 2.12. The van der Waals surface area contributed by atoms with Gasteiger partial charge in [0.2, 0.25) is 0 Å². The normalized spacial score (nSPS) is 14.4. The lowest BCUT2D eigenvalue weighted by atomic mass is 10.1. The summed E-state index contributed by atoms with van der Waals surface area (Å²) in [4.78, 5) is 0. The molecule has 0 saturated heterocycles. The summed E-state index contributed by atoms with van der Waals surface area (Å²) in [6, 6.07) is 0. The van der Waals surface area contributed by atoms with Crippen molar-refractivity contribution in [3.8, 4) is 0 Å². The maximum absolute atomic E-state index is 2.58. The first kappa shape index (κ1) is 12.1. The topological polar surface area (TPSA) is 0 Å². The Kier molecular flexibility index (Phi) is 7.78. The van der Waals surface area contributed by atoms with Crippen LogP contribution in [0.5, 0.6) is 0 Å². The third kappa shape index (κ3) is 5.70. The summed E-state index contributed by atoms with van der Waals surface area (Å²) >= 11 is 0. The van der Waals surface area contributed by atoms with E-state index in [1.807, 2.05) is 0 Å². The van der Waals surface area contributed by atoms with Crippen LogP contribution < -0.4 is 0 Å². The second-order valence-corrected chi connectivity index (χ2v) is 5.55. The van der Waals surface area contributed by atoms with Crippen molar-refractivity contribution in [2.75, 3.05) is 0 Å². The molecule has 0 aliphatic carbocycles. The van der Waals surface area contributed by atoms with Crippen LogP contribution in [0.15, 0.2) is 0 Å². The Hall–Kier alpha value is 0.0869. The monoisotopic (exact) mass is 184 g/mol. The summed E-state index contributed by atoms with van der Waals surface area (Å²) in [7, 11) is 0.621. The minimum absolute atomic E-state index is 0.621. The molecule has 72 valence electrons. The quantitative estimate of drug-likeness (QED) is 0.556. The molecule has 0 radical (unpaired) electrons. The molecule has 12 heavy (non-hydrogen) atoms. The first-order valence-corrected chi connectivity index (χ1v) is 6.74. The summed E-state index contributed by atoms with van der Waals surface area (Å²) < 4.78 is 0. The van der Waals surface area contributed by atoms with Gasteiger partial charge in [-0.1, -0.05) is 47.0 Å². The Labute approximate surface area is 80.2 Å². The molecule has 0 rings (SSSR count). The van der Waals surface area contributed by atoms with Gasteiger partial charge in [-0.3, -0.25) is 0 Å². The van der Waals surface area contributed by atoms with Crippen LogP contribution in [-0.2, 0) is 0 Å². The van der Waals surface area contributed by atoms with E-state index in [0.717, 1.165) is 11.5 Å². The molecule has 0 aromatic heterocycles. The highest BCUT2D eigenvalue weighted by atomic mass is 28.2. The second kappa shape index (κ2) is 7.72. The molecule has 0 saturated carbocycles. The highest BCUT2D eigenvalue weighted by molar-refractivity contribution is 6.48. The lowest BCUT2D eigenvalue weighted by Gasteiger charge is -2.06. The Bertz CT molecular complexity index is 114. The Morgan fingerprint density at radius 1 is 1.08 bits per heavy atom. The third-order valence-electron chi connectivity index (χ3n) is 2.69. The van der Waals surface area contributed by atoms with Crippen molar-refractivity contribution in [3.05, 3.63) is 0 Å². The molecule has 1 heteroatoms. The van der Waals surface area contributed by atoms with Crippen molar-refractivity contribution >= 4 is 14.8 Å².